The van der Waals surface area contributed by atoms with Crippen molar-refractivity contribution >= 4 is 43.1 Å². The number of hydrogen-bond acceptors (Lipinski definition) is 4. The van der Waals surface area contributed by atoms with Gasteiger partial charge in [0.15, 0.2) is 9.84 Å². The molecule has 2 rings (SSSR count). The summed E-state index contributed by atoms with van der Waals surface area (Å²) in [6.07, 6.45) is 1.12. The minimum atomic E-state index is -3.65. The smallest absolute Gasteiger partial charge is 0.216 e. The van der Waals surface area contributed by atoms with E-state index < -0.39 is 25.9 Å². The molecule has 0 aliphatic rings. The van der Waals surface area contributed by atoms with E-state index in [9.17, 15) is 16.8 Å². The van der Waals surface area contributed by atoms with Crippen LogP contribution in [0.3, 0.4) is 0 Å². The standard InChI is InChI=1S/C16H17Cl2NO4S2/c1-11(12-4-7-15(8-5-12)24(2,20)21)19-25(22,23)10-13-3-6-14(17)9-16(13)18/h3-9,11,19H,10H2,1-2H3/t11-/m1/s1. The van der Waals surface area contributed by atoms with Gasteiger partial charge in [-0.25, -0.2) is 21.6 Å². The van der Waals surface area contributed by atoms with Crippen molar-refractivity contribution in [3.05, 3.63) is 63.6 Å². The number of hydrogen-bond donors (Lipinski definition) is 1. The van der Waals surface area contributed by atoms with E-state index in [2.05, 4.69) is 4.72 Å². The van der Waals surface area contributed by atoms with Crippen LogP contribution in [0.4, 0.5) is 0 Å². The number of benzene rings is 2. The number of sulfonamides is 1. The molecule has 0 heterocycles. The molecule has 0 radical (unpaired) electrons. The molecule has 0 fully saturated rings. The van der Waals surface area contributed by atoms with Crippen LogP contribution in [0.15, 0.2) is 47.4 Å². The average molecular weight is 422 g/mol. The third kappa shape index (κ3) is 5.69. The quantitative estimate of drug-likeness (QED) is 0.772. The highest BCUT2D eigenvalue weighted by Crippen LogP contribution is 2.23. The Labute approximate surface area is 157 Å². The molecule has 25 heavy (non-hydrogen) atoms. The summed E-state index contributed by atoms with van der Waals surface area (Å²) in [5.74, 6) is -0.283. The molecule has 5 nitrogen and oxygen atoms in total. The molecule has 9 heteroatoms. The van der Waals surface area contributed by atoms with E-state index >= 15 is 0 Å². The van der Waals surface area contributed by atoms with E-state index in [1.807, 2.05) is 0 Å². The number of sulfone groups is 1. The minimum Gasteiger partial charge on any atom is -0.224 e. The first-order valence-corrected chi connectivity index (χ1v) is 11.5. The molecule has 0 bridgehead atoms. The van der Waals surface area contributed by atoms with Crippen molar-refractivity contribution in [3.8, 4) is 0 Å². The van der Waals surface area contributed by atoms with Crippen LogP contribution in [-0.2, 0) is 25.6 Å². The zero-order valence-corrected chi connectivity index (χ0v) is 16.7. The average Bonchev–Trinajstić information content (AvgIpc) is 2.49. The van der Waals surface area contributed by atoms with Gasteiger partial charge in [0.05, 0.1) is 10.6 Å². The van der Waals surface area contributed by atoms with Crippen LogP contribution < -0.4 is 4.72 Å². The molecule has 1 atom stereocenters. The first kappa shape index (κ1) is 20.2. The van der Waals surface area contributed by atoms with Gasteiger partial charge in [0.2, 0.25) is 10.0 Å². The highest BCUT2D eigenvalue weighted by atomic mass is 35.5. The monoisotopic (exact) mass is 421 g/mol. The zero-order valence-electron chi connectivity index (χ0n) is 13.5. The van der Waals surface area contributed by atoms with Crippen molar-refractivity contribution in [2.75, 3.05) is 6.26 Å². The summed E-state index contributed by atoms with van der Waals surface area (Å²) in [6, 6.07) is 10.2. The van der Waals surface area contributed by atoms with Gasteiger partial charge < -0.3 is 0 Å². The largest absolute Gasteiger partial charge is 0.224 e. The van der Waals surface area contributed by atoms with Gasteiger partial charge >= 0.3 is 0 Å². The second-order valence-electron chi connectivity index (χ2n) is 5.68. The summed E-state index contributed by atoms with van der Waals surface area (Å²) in [7, 11) is -6.95. The molecular formula is C16H17Cl2NO4S2. The molecule has 136 valence electrons. The van der Waals surface area contributed by atoms with E-state index in [-0.39, 0.29) is 15.7 Å². The maximum atomic E-state index is 12.3. The molecule has 1 N–H and O–H groups in total. The maximum Gasteiger partial charge on any atom is 0.216 e. The summed E-state index contributed by atoms with van der Waals surface area (Å²) < 4.78 is 50.2. The van der Waals surface area contributed by atoms with Gasteiger partial charge in [-0.3, -0.25) is 0 Å². The van der Waals surface area contributed by atoms with Gasteiger partial charge in [0.25, 0.3) is 0 Å². The topological polar surface area (TPSA) is 80.3 Å². The minimum absolute atomic E-state index is 0.180. The number of nitrogens with one attached hydrogen (secondary N) is 1. The Morgan fingerprint density at radius 3 is 2.12 bits per heavy atom. The third-order valence-corrected chi connectivity index (χ3v) is 6.64. The number of halogens is 2. The zero-order chi connectivity index (χ0) is 18.8. The van der Waals surface area contributed by atoms with Crippen molar-refractivity contribution < 1.29 is 16.8 Å². The lowest BCUT2D eigenvalue weighted by molar-refractivity contribution is 0.565. The highest BCUT2D eigenvalue weighted by molar-refractivity contribution is 7.90. The Morgan fingerprint density at radius 1 is 1.00 bits per heavy atom. The summed E-state index contributed by atoms with van der Waals surface area (Å²) in [6.45, 7) is 1.68. The lowest BCUT2D eigenvalue weighted by atomic mass is 10.1. The Hall–Kier alpha value is -1.12. The van der Waals surface area contributed by atoms with Crippen LogP contribution in [-0.4, -0.2) is 23.1 Å². The number of rotatable bonds is 6. The lowest BCUT2D eigenvalue weighted by Crippen LogP contribution is -2.28. The molecule has 0 amide bonds. The van der Waals surface area contributed by atoms with Crippen molar-refractivity contribution in [1.82, 2.24) is 4.72 Å². The fraction of sp³-hybridized carbons (Fsp3) is 0.250. The molecule has 0 aliphatic heterocycles. The Kier molecular flexibility index (Phi) is 6.17. The first-order chi connectivity index (χ1) is 11.5. The van der Waals surface area contributed by atoms with Gasteiger partial charge in [-0.05, 0) is 42.3 Å². The van der Waals surface area contributed by atoms with E-state index in [1.54, 1.807) is 31.2 Å². The lowest BCUT2D eigenvalue weighted by Gasteiger charge is -2.15. The fourth-order valence-corrected chi connectivity index (χ4v) is 4.83. The van der Waals surface area contributed by atoms with Crippen molar-refractivity contribution in [2.24, 2.45) is 0 Å². The first-order valence-electron chi connectivity index (χ1n) is 7.22. The molecule has 2 aromatic carbocycles. The summed E-state index contributed by atoms with van der Waals surface area (Å²) in [5.41, 5.74) is 1.09. The van der Waals surface area contributed by atoms with Crippen LogP contribution >= 0.6 is 23.2 Å². The SMILES string of the molecule is C[C@@H](NS(=O)(=O)Cc1ccc(Cl)cc1Cl)c1ccc(S(C)(=O)=O)cc1. The Balaban J connectivity index is 2.14. The molecule has 0 spiro atoms. The molecule has 2 aromatic rings. The van der Waals surface area contributed by atoms with Gasteiger partial charge in [0.1, 0.15) is 0 Å². The van der Waals surface area contributed by atoms with Crippen LogP contribution in [0.5, 0.6) is 0 Å². The van der Waals surface area contributed by atoms with Crippen LogP contribution in [0.1, 0.15) is 24.1 Å². The van der Waals surface area contributed by atoms with Crippen molar-refractivity contribution in [2.45, 2.75) is 23.6 Å². The third-order valence-electron chi connectivity index (χ3n) is 3.53. The Bertz CT molecular complexity index is 972. The second kappa shape index (κ2) is 7.63. The van der Waals surface area contributed by atoms with E-state index in [0.29, 0.717) is 16.1 Å². The summed E-state index contributed by atoms with van der Waals surface area (Å²) >= 11 is 11.8. The van der Waals surface area contributed by atoms with Crippen LogP contribution in [0.2, 0.25) is 10.0 Å². The van der Waals surface area contributed by atoms with Crippen LogP contribution in [0, 0.1) is 0 Å². The molecule has 0 aliphatic carbocycles. The molecule has 0 saturated heterocycles. The molecule has 0 unspecified atom stereocenters. The molecule has 0 saturated carbocycles. The highest BCUT2D eigenvalue weighted by Gasteiger charge is 2.18. The molecular weight excluding hydrogens is 405 g/mol. The summed E-state index contributed by atoms with van der Waals surface area (Å²) in [4.78, 5) is 0.180. The van der Waals surface area contributed by atoms with E-state index in [0.717, 1.165) is 6.26 Å². The molecule has 0 aromatic heterocycles. The van der Waals surface area contributed by atoms with Gasteiger partial charge in [-0.2, -0.15) is 0 Å². The van der Waals surface area contributed by atoms with Crippen molar-refractivity contribution in [3.63, 3.8) is 0 Å². The predicted molar refractivity (Wildman–Crippen MR) is 100 cm³/mol. The van der Waals surface area contributed by atoms with E-state index in [1.165, 1.54) is 18.2 Å². The van der Waals surface area contributed by atoms with Crippen LogP contribution in [0.25, 0.3) is 0 Å². The normalized spacial score (nSPS) is 13.6. The van der Waals surface area contributed by atoms with Crippen molar-refractivity contribution in [1.29, 1.82) is 0 Å². The summed E-state index contributed by atoms with van der Waals surface area (Å²) in [5, 5.41) is 0.710. The van der Waals surface area contributed by atoms with E-state index in [4.69, 9.17) is 23.2 Å². The van der Waals surface area contributed by atoms with Gasteiger partial charge in [-0.15, -0.1) is 0 Å². The fourth-order valence-electron chi connectivity index (χ4n) is 2.23. The maximum absolute atomic E-state index is 12.3. The van der Waals surface area contributed by atoms with Gasteiger partial charge in [0, 0.05) is 22.3 Å². The predicted octanol–water partition coefficient (Wildman–Crippen LogP) is 3.58. The van der Waals surface area contributed by atoms with Gasteiger partial charge in [-0.1, -0.05) is 41.4 Å². The Morgan fingerprint density at radius 2 is 1.60 bits per heavy atom. The second-order valence-corrected chi connectivity index (χ2v) is 10.3.